The summed E-state index contributed by atoms with van der Waals surface area (Å²) in [5, 5.41) is 8.19. The van der Waals surface area contributed by atoms with Crippen LogP contribution in [0.15, 0.2) is 35.7 Å². The van der Waals surface area contributed by atoms with Gasteiger partial charge in [-0.2, -0.15) is 0 Å². The number of nitrogens with zero attached hydrogens (tertiary/aromatic N) is 2. The Morgan fingerprint density at radius 3 is 2.73 bits per heavy atom. The zero-order valence-corrected chi connectivity index (χ0v) is 17.5. The Morgan fingerprint density at radius 1 is 1.17 bits per heavy atom. The lowest BCUT2D eigenvalue weighted by molar-refractivity contribution is 0.0607. The highest BCUT2D eigenvalue weighted by atomic mass is 32.1. The van der Waals surface area contributed by atoms with Crippen LogP contribution in [0.4, 0.5) is 22.0 Å². The number of urea groups is 1. The molecule has 0 radical (unpaired) electrons. The number of morpholine rings is 1. The summed E-state index contributed by atoms with van der Waals surface area (Å²) in [6, 6.07) is 8.89. The monoisotopic (exact) mass is 426 g/mol. The summed E-state index contributed by atoms with van der Waals surface area (Å²) in [6.45, 7) is 5.10. The standard InChI is InChI=1S/C21H22N4O4S/c1-13-11-18(25-6-8-29-9-7-25)23-16-4-3-14(12-15(13)16)22-21(27)24-17-5-10-30-19(17)20(26)28-2/h3-5,10-12H,6-9H2,1-2H3,(H2,22,24,27). The molecule has 0 saturated carbocycles. The first kappa shape index (κ1) is 20.1. The highest BCUT2D eigenvalue weighted by Gasteiger charge is 2.17. The lowest BCUT2D eigenvalue weighted by Crippen LogP contribution is -2.36. The topological polar surface area (TPSA) is 92.8 Å². The number of fused-ring (bicyclic) bond motifs is 1. The summed E-state index contributed by atoms with van der Waals surface area (Å²) in [7, 11) is 1.31. The molecule has 0 bridgehead atoms. The molecular formula is C21H22N4O4S. The van der Waals surface area contributed by atoms with Crippen molar-refractivity contribution < 1.29 is 19.1 Å². The summed E-state index contributed by atoms with van der Waals surface area (Å²) in [5.74, 6) is 0.457. The van der Waals surface area contributed by atoms with Gasteiger partial charge in [-0.05, 0) is 48.2 Å². The molecule has 2 amide bonds. The summed E-state index contributed by atoms with van der Waals surface area (Å²) in [6.07, 6.45) is 0. The first-order chi connectivity index (χ1) is 14.5. The second-order valence-electron chi connectivity index (χ2n) is 6.86. The number of pyridine rings is 1. The number of ether oxygens (including phenoxy) is 2. The summed E-state index contributed by atoms with van der Waals surface area (Å²) in [4.78, 5) is 31.5. The van der Waals surface area contributed by atoms with E-state index in [9.17, 15) is 9.59 Å². The van der Waals surface area contributed by atoms with Gasteiger partial charge in [0.25, 0.3) is 0 Å². The number of hydrogen-bond acceptors (Lipinski definition) is 7. The Labute approximate surface area is 177 Å². The van der Waals surface area contributed by atoms with E-state index in [1.165, 1.54) is 18.4 Å². The fraction of sp³-hybridized carbons (Fsp3) is 0.286. The van der Waals surface area contributed by atoms with E-state index in [2.05, 4.69) is 21.6 Å². The maximum atomic E-state index is 12.4. The van der Waals surface area contributed by atoms with Crippen LogP contribution >= 0.6 is 11.3 Å². The number of nitrogens with one attached hydrogen (secondary N) is 2. The number of aromatic nitrogens is 1. The van der Waals surface area contributed by atoms with Crippen molar-refractivity contribution in [2.24, 2.45) is 0 Å². The molecule has 1 aliphatic rings. The quantitative estimate of drug-likeness (QED) is 0.615. The van der Waals surface area contributed by atoms with Crippen molar-refractivity contribution >= 4 is 51.4 Å². The van der Waals surface area contributed by atoms with Crippen LogP contribution in [0.1, 0.15) is 15.2 Å². The van der Waals surface area contributed by atoms with E-state index in [1.54, 1.807) is 11.4 Å². The molecule has 2 aromatic heterocycles. The number of anilines is 3. The molecule has 1 fully saturated rings. The largest absolute Gasteiger partial charge is 0.465 e. The fourth-order valence-corrected chi connectivity index (χ4v) is 4.12. The summed E-state index contributed by atoms with van der Waals surface area (Å²) in [5.41, 5.74) is 3.00. The smallest absolute Gasteiger partial charge is 0.350 e. The van der Waals surface area contributed by atoms with Crippen LogP contribution in [-0.2, 0) is 9.47 Å². The van der Waals surface area contributed by atoms with E-state index in [4.69, 9.17) is 14.5 Å². The van der Waals surface area contributed by atoms with Crippen LogP contribution < -0.4 is 15.5 Å². The minimum atomic E-state index is -0.483. The molecule has 1 aliphatic heterocycles. The lowest BCUT2D eigenvalue weighted by Gasteiger charge is -2.28. The third-order valence-corrected chi connectivity index (χ3v) is 5.77. The van der Waals surface area contributed by atoms with Gasteiger partial charge in [-0.15, -0.1) is 11.3 Å². The molecule has 0 aliphatic carbocycles. The van der Waals surface area contributed by atoms with Gasteiger partial charge in [-0.1, -0.05) is 0 Å². The van der Waals surface area contributed by atoms with E-state index in [-0.39, 0.29) is 0 Å². The minimum absolute atomic E-state index is 0.349. The second kappa shape index (κ2) is 8.68. The van der Waals surface area contributed by atoms with Gasteiger partial charge in [-0.3, -0.25) is 0 Å². The predicted molar refractivity (Wildman–Crippen MR) is 118 cm³/mol. The molecule has 8 nitrogen and oxygen atoms in total. The molecule has 1 aromatic carbocycles. The Bertz CT molecular complexity index is 1090. The normalized spacial score (nSPS) is 13.9. The average Bonchev–Trinajstić information content (AvgIpc) is 3.22. The third kappa shape index (κ3) is 4.22. The summed E-state index contributed by atoms with van der Waals surface area (Å²) >= 11 is 1.21. The van der Waals surface area contributed by atoms with Crippen LogP contribution in [0.2, 0.25) is 0 Å². The predicted octanol–water partition coefficient (Wildman–Crippen LogP) is 3.87. The van der Waals surface area contributed by atoms with Gasteiger partial charge in [0.2, 0.25) is 0 Å². The van der Waals surface area contributed by atoms with E-state index in [1.807, 2.05) is 25.1 Å². The maximum absolute atomic E-state index is 12.4. The number of carbonyl (C=O) groups excluding carboxylic acids is 2. The molecular weight excluding hydrogens is 404 g/mol. The van der Waals surface area contributed by atoms with Crippen LogP contribution in [0.3, 0.4) is 0 Å². The van der Waals surface area contributed by atoms with E-state index >= 15 is 0 Å². The van der Waals surface area contributed by atoms with Crippen molar-refractivity contribution in [1.82, 2.24) is 4.98 Å². The first-order valence-electron chi connectivity index (χ1n) is 9.53. The van der Waals surface area contributed by atoms with Crippen molar-refractivity contribution in [3.8, 4) is 0 Å². The molecule has 0 spiro atoms. The number of thiophene rings is 1. The molecule has 0 unspecified atom stereocenters. The molecule has 9 heteroatoms. The number of amides is 2. The molecule has 4 rings (SSSR count). The molecule has 0 atom stereocenters. The SMILES string of the molecule is COC(=O)c1sccc1NC(=O)Nc1ccc2nc(N3CCOCC3)cc(C)c2c1. The van der Waals surface area contributed by atoms with E-state index < -0.39 is 12.0 Å². The number of hydrogen-bond donors (Lipinski definition) is 2. The van der Waals surface area contributed by atoms with Crippen LogP contribution in [0, 0.1) is 6.92 Å². The number of aryl methyl sites for hydroxylation is 1. The lowest BCUT2D eigenvalue weighted by atomic mass is 10.1. The van der Waals surface area contributed by atoms with Gasteiger partial charge in [0, 0.05) is 24.2 Å². The highest BCUT2D eigenvalue weighted by Crippen LogP contribution is 2.27. The minimum Gasteiger partial charge on any atom is -0.465 e. The van der Waals surface area contributed by atoms with Crippen molar-refractivity contribution in [3.05, 3.63) is 46.2 Å². The zero-order chi connectivity index (χ0) is 21.1. The van der Waals surface area contributed by atoms with Crippen LogP contribution in [0.25, 0.3) is 10.9 Å². The molecule has 2 N–H and O–H groups in total. The molecule has 3 heterocycles. The fourth-order valence-electron chi connectivity index (χ4n) is 3.35. The Hall–Kier alpha value is -3.17. The van der Waals surface area contributed by atoms with Crippen LogP contribution in [0.5, 0.6) is 0 Å². The van der Waals surface area contributed by atoms with Crippen LogP contribution in [-0.4, -0.2) is 50.4 Å². The van der Waals surface area contributed by atoms with Crippen molar-refractivity contribution in [2.75, 3.05) is 48.9 Å². The number of methoxy groups -OCH3 is 1. The average molecular weight is 426 g/mol. The van der Waals surface area contributed by atoms with Gasteiger partial charge in [0.1, 0.15) is 10.7 Å². The highest BCUT2D eigenvalue weighted by molar-refractivity contribution is 7.12. The molecule has 156 valence electrons. The second-order valence-corrected chi connectivity index (χ2v) is 7.78. The van der Waals surface area contributed by atoms with Crippen molar-refractivity contribution in [1.29, 1.82) is 0 Å². The molecule has 3 aromatic rings. The third-order valence-electron chi connectivity index (χ3n) is 4.88. The van der Waals surface area contributed by atoms with Gasteiger partial charge >= 0.3 is 12.0 Å². The van der Waals surface area contributed by atoms with Gasteiger partial charge < -0.3 is 25.0 Å². The molecule has 1 saturated heterocycles. The number of rotatable bonds is 4. The summed E-state index contributed by atoms with van der Waals surface area (Å²) < 4.78 is 10.1. The Kier molecular flexibility index (Phi) is 5.82. The van der Waals surface area contributed by atoms with Gasteiger partial charge in [0.05, 0.1) is 31.5 Å². The Morgan fingerprint density at radius 2 is 1.97 bits per heavy atom. The van der Waals surface area contributed by atoms with Gasteiger partial charge in [-0.25, -0.2) is 14.6 Å². The maximum Gasteiger partial charge on any atom is 0.350 e. The van der Waals surface area contributed by atoms with Crippen molar-refractivity contribution in [2.45, 2.75) is 6.92 Å². The number of benzene rings is 1. The van der Waals surface area contributed by atoms with Gasteiger partial charge in [0.15, 0.2) is 0 Å². The van der Waals surface area contributed by atoms with E-state index in [0.717, 1.165) is 35.4 Å². The zero-order valence-electron chi connectivity index (χ0n) is 16.7. The number of carbonyl (C=O) groups is 2. The Balaban J connectivity index is 1.51. The van der Waals surface area contributed by atoms with E-state index in [0.29, 0.717) is 29.5 Å². The number of esters is 1. The molecule has 30 heavy (non-hydrogen) atoms. The first-order valence-corrected chi connectivity index (χ1v) is 10.4. The van der Waals surface area contributed by atoms with Crippen molar-refractivity contribution in [3.63, 3.8) is 0 Å².